The van der Waals surface area contributed by atoms with E-state index in [0.29, 0.717) is 18.4 Å². The lowest BCUT2D eigenvalue weighted by molar-refractivity contribution is -0.165. The molecule has 0 aliphatic heterocycles. The first-order valence-electron chi connectivity index (χ1n) is 7.47. The maximum atomic E-state index is 12.0. The summed E-state index contributed by atoms with van der Waals surface area (Å²) in [6.45, 7) is 5.01. The van der Waals surface area contributed by atoms with Crippen LogP contribution in [0, 0.1) is 20.3 Å². The Morgan fingerprint density at radius 1 is 1.25 bits per heavy atom. The number of nitrogens with zero attached hydrogens (tertiary/aromatic N) is 2. The van der Waals surface area contributed by atoms with Gasteiger partial charge in [-0.05, 0) is 54.5 Å². The Kier molecular flexibility index (Phi) is 7.85. The molecule has 0 heterocycles. The smallest absolute Gasteiger partial charge is 0.372 e. The molecular formula is C17H19IN2O4. The fourth-order valence-corrected chi connectivity index (χ4v) is 2.07. The van der Waals surface area contributed by atoms with Crippen LogP contribution in [0.1, 0.15) is 39.2 Å². The average molecular weight is 442 g/mol. The second-order valence-electron chi connectivity index (χ2n) is 5.37. The molecule has 0 radical (unpaired) electrons. The fraction of sp³-hybridized carbons (Fsp3) is 0.412. The van der Waals surface area contributed by atoms with Crippen molar-refractivity contribution in [1.29, 1.82) is 5.26 Å². The van der Waals surface area contributed by atoms with E-state index in [0.717, 1.165) is 3.57 Å². The van der Waals surface area contributed by atoms with Gasteiger partial charge in [0.05, 0.1) is 5.41 Å². The molecule has 0 bridgehead atoms. The minimum atomic E-state index is -0.837. The molecule has 6 nitrogen and oxygen atoms in total. The molecule has 128 valence electrons. The maximum Gasteiger partial charge on any atom is 0.372 e. The maximum absolute atomic E-state index is 12.0. The normalized spacial score (nSPS) is 11.5. The third kappa shape index (κ3) is 5.60. The number of halogens is 1. The van der Waals surface area contributed by atoms with Gasteiger partial charge in [0.2, 0.25) is 0 Å². The largest absolute Gasteiger partial charge is 0.453 e. The first-order chi connectivity index (χ1) is 11.4. The lowest BCUT2D eigenvalue weighted by Gasteiger charge is -2.23. The van der Waals surface area contributed by atoms with E-state index in [2.05, 4.69) is 32.6 Å². The van der Waals surface area contributed by atoms with E-state index in [1.807, 2.05) is 32.0 Å². The molecule has 1 aromatic carbocycles. The van der Waals surface area contributed by atoms with E-state index in [4.69, 9.17) is 10.00 Å². The molecule has 1 aromatic rings. The van der Waals surface area contributed by atoms with Gasteiger partial charge in [-0.3, -0.25) is 4.79 Å². The van der Waals surface area contributed by atoms with Crippen LogP contribution in [0.2, 0.25) is 0 Å². The molecule has 0 saturated heterocycles. The van der Waals surface area contributed by atoms with E-state index in [-0.39, 0.29) is 5.71 Å². The Labute approximate surface area is 154 Å². The zero-order valence-electron chi connectivity index (χ0n) is 13.8. The zero-order valence-corrected chi connectivity index (χ0v) is 16.0. The number of nitriles is 1. The highest BCUT2D eigenvalue weighted by Crippen LogP contribution is 2.26. The van der Waals surface area contributed by atoms with Gasteiger partial charge in [-0.25, -0.2) is 4.79 Å². The molecular weight excluding hydrogens is 423 g/mol. The quantitative estimate of drug-likeness (QED) is 0.212. The topological polar surface area (TPSA) is 88.8 Å². The number of benzene rings is 1. The third-order valence-corrected chi connectivity index (χ3v) is 4.56. The first-order valence-corrected chi connectivity index (χ1v) is 8.55. The number of carbonyl (C=O) groups excluding carboxylic acids is 2. The average Bonchev–Trinajstić information content (AvgIpc) is 2.60. The van der Waals surface area contributed by atoms with Crippen molar-refractivity contribution in [3.63, 3.8) is 0 Å². The van der Waals surface area contributed by atoms with Crippen molar-refractivity contribution in [3.05, 3.63) is 33.4 Å². The Balaban J connectivity index is 2.63. The van der Waals surface area contributed by atoms with E-state index < -0.39 is 24.0 Å². The van der Waals surface area contributed by atoms with Crippen molar-refractivity contribution in [3.8, 4) is 6.07 Å². The van der Waals surface area contributed by atoms with Gasteiger partial charge in [0.1, 0.15) is 6.07 Å². The molecule has 0 aromatic heterocycles. The number of hydrogen-bond acceptors (Lipinski definition) is 6. The van der Waals surface area contributed by atoms with Gasteiger partial charge in [-0.2, -0.15) is 5.26 Å². The number of carbonyl (C=O) groups is 2. The molecule has 0 aliphatic carbocycles. The predicted molar refractivity (Wildman–Crippen MR) is 97.0 cm³/mol. The van der Waals surface area contributed by atoms with E-state index in [1.165, 1.54) is 0 Å². The summed E-state index contributed by atoms with van der Waals surface area (Å²) in [6, 6.07) is 8.88. The Hall–Kier alpha value is -1.95. The lowest BCUT2D eigenvalue weighted by atomic mass is 9.85. The Bertz CT molecular complexity index is 658. The van der Waals surface area contributed by atoms with Crippen molar-refractivity contribution in [2.24, 2.45) is 10.6 Å². The first kappa shape index (κ1) is 20.1. The number of hydrogen-bond donors (Lipinski definition) is 0. The van der Waals surface area contributed by atoms with E-state index in [9.17, 15) is 9.59 Å². The molecule has 0 amide bonds. The highest BCUT2D eigenvalue weighted by Gasteiger charge is 2.31. The predicted octanol–water partition coefficient (Wildman–Crippen LogP) is 3.43. The third-order valence-electron chi connectivity index (χ3n) is 3.84. The summed E-state index contributed by atoms with van der Waals surface area (Å²) in [7, 11) is 0. The standard InChI is InChI=1S/C17H19IN2O4/c1-4-17(3,5-2)16(22)23-11-15(21)24-20-14(10-19)12-6-8-13(18)9-7-12/h6-9H,4-5,11H2,1-3H3/b20-14+. The molecule has 0 unspecified atom stereocenters. The summed E-state index contributed by atoms with van der Waals surface area (Å²) in [5, 5.41) is 12.6. The molecule has 0 N–H and O–H groups in total. The number of oxime groups is 1. The van der Waals surface area contributed by atoms with E-state index >= 15 is 0 Å². The highest BCUT2D eigenvalue weighted by molar-refractivity contribution is 14.1. The monoisotopic (exact) mass is 442 g/mol. The van der Waals surface area contributed by atoms with Crippen molar-refractivity contribution >= 4 is 40.2 Å². The van der Waals surface area contributed by atoms with Crippen LogP contribution in [0.15, 0.2) is 29.4 Å². The van der Waals surface area contributed by atoms with Crippen molar-refractivity contribution < 1.29 is 19.2 Å². The second kappa shape index (κ2) is 9.37. The van der Waals surface area contributed by atoms with Crippen LogP contribution in [0.25, 0.3) is 0 Å². The van der Waals surface area contributed by atoms with Crippen LogP contribution in [0.3, 0.4) is 0 Å². The molecule has 0 fully saturated rings. The zero-order chi connectivity index (χ0) is 18.2. The molecule has 0 atom stereocenters. The summed E-state index contributed by atoms with van der Waals surface area (Å²) in [4.78, 5) is 28.3. The molecule has 24 heavy (non-hydrogen) atoms. The minimum Gasteiger partial charge on any atom is -0.453 e. The fourth-order valence-electron chi connectivity index (χ4n) is 1.71. The number of esters is 1. The Morgan fingerprint density at radius 3 is 2.33 bits per heavy atom. The summed E-state index contributed by atoms with van der Waals surface area (Å²) in [6.07, 6.45) is 1.22. The summed E-state index contributed by atoms with van der Waals surface area (Å²) in [5.41, 5.74) is -0.118. The molecule has 0 aliphatic rings. The summed E-state index contributed by atoms with van der Waals surface area (Å²) >= 11 is 2.14. The minimum absolute atomic E-state index is 0.0296. The van der Waals surface area contributed by atoms with E-state index in [1.54, 1.807) is 19.1 Å². The van der Waals surface area contributed by atoms with Gasteiger partial charge in [-0.15, -0.1) is 0 Å². The van der Waals surface area contributed by atoms with Crippen LogP contribution >= 0.6 is 22.6 Å². The van der Waals surface area contributed by atoms with Crippen molar-refractivity contribution in [2.75, 3.05) is 6.61 Å². The van der Waals surface area contributed by atoms with Crippen LogP contribution in [-0.2, 0) is 19.2 Å². The van der Waals surface area contributed by atoms with Crippen molar-refractivity contribution in [2.45, 2.75) is 33.6 Å². The molecule has 7 heteroatoms. The van der Waals surface area contributed by atoms with Crippen LogP contribution in [0.5, 0.6) is 0 Å². The Morgan fingerprint density at radius 2 is 1.83 bits per heavy atom. The van der Waals surface area contributed by atoms with Crippen LogP contribution in [0.4, 0.5) is 0 Å². The van der Waals surface area contributed by atoms with Crippen molar-refractivity contribution in [1.82, 2.24) is 0 Å². The van der Waals surface area contributed by atoms with Crippen LogP contribution in [-0.4, -0.2) is 24.3 Å². The second-order valence-corrected chi connectivity index (χ2v) is 6.61. The van der Waals surface area contributed by atoms with Gasteiger partial charge in [0, 0.05) is 9.13 Å². The van der Waals surface area contributed by atoms with Gasteiger partial charge < -0.3 is 9.57 Å². The summed E-state index contributed by atoms with van der Waals surface area (Å²) < 4.78 is 5.98. The van der Waals surface area contributed by atoms with Gasteiger partial charge in [-0.1, -0.05) is 31.1 Å². The SMILES string of the molecule is CCC(C)(CC)C(=O)OCC(=O)O/N=C(\C#N)c1ccc(I)cc1. The molecule has 1 rings (SSSR count). The number of ether oxygens (including phenoxy) is 1. The van der Waals surface area contributed by atoms with Gasteiger partial charge in [0.25, 0.3) is 0 Å². The summed E-state index contributed by atoms with van der Waals surface area (Å²) in [5.74, 6) is -1.29. The number of rotatable bonds is 7. The lowest BCUT2D eigenvalue weighted by Crippen LogP contribution is -2.30. The molecule has 0 spiro atoms. The van der Waals surface area contributed by atoms with Crippen LogP contribution < -0.4 is 0 Å². The highest BCUT2D eigenvalue weighted by atomic mass is 127. The molecule has 0 saturated carbocycles. The van der Waals surface area contributed by atoms with Gasteiger partial charge in [0.15, 0.2) is 12.3 Å². The van der Waals surface area contributed by atoms with Gasteiger partial charge >= 0.3 is 11.9 Å².